The number of amides is 1. The van der Waals surface area contributed by atoms with Crippen LogP contribution in [0.2, 0.25) is 5.02 Å². The fourth-order valence-corrected chi connectivity index (χ4v) is 3.23. The zero-order chi connectivity index (χ0) is 15.4. The first-order valence-corrected chi connectivity index (χ1v) is 8.15. The van der Waals surface area contributed by atoms with Gasteiger partial charge >= 0.3 is 0 Å². The molecular weight excluding hydrogens is 319 g/mol. The van der Waals surface area contributed by atoms with Crippen molar-refractivity contribution in [1.82, 2.24) is 10.6 Å². The van der Waals surface area contributed by atoms with Crippen molar-refractivity contribution in [2.75, 3.05) is 6.54 Å². The molecule has 0 saturated carbocycles. The Bertz CT molecular complexity index is 493. The summed E-state index contributed by atoms with van der Waals surface area (Å²) in [5.74, 6) is 0.556. The van der Waals surface area contributed by atoms with E-state index in [0.29, 0.717) is 12.0 Å². The highest BCUT2D eigenvalue weighted by Gasteiger charge is 2.28. The van der Waals surface area contributed by atoms with Crippen LogP contribution >= 0.6 is 24.0 Å². The van der Waals surface area contributed by atoms with Gasteiger partial charge in [0, 0.05) is 17.0 Å². The first-order valence-electron chi connectivity index (χ1n) is 7.77. The van der Waals surface area contributed by atoms with Crippen LogP contribution in [0.1, 0.15) is 45.2 Å². The van der Waals surface area contributed by atoms with Crippen LogP contribution in [0.4, 0.5) is 0 Å². The third-order valence-electron chi connectivity index (χ3n) is 4.20. The fraction of sp³-hybridized carbons (Fsp3) is 0.588. The molecule has 0 spiro atoms. The van der Waals surface area contributed by atoms with Crippen molar-refractivity contribution in [2.45, 2.75) is 45.7 Å². The smallest absolute Gasteiger partial charge is 0.223 e. The van der Waals surface area contributed by atoms with Gasteiger partial charge in [-0.1, -0.05) is 43.6 Å². The van der Waals surface area contributed by atoms with Crippen LogP contribution in [-0.4, -0.2) is 18.5 Å². The number of piperidine rings is 1. The van der Waals surface area contributed by atoms with E-state index in [1.54, 1.807) is 0 Å². The van der Waals surface area contributed by atoms with Gasteiger partial charge < -0.3 is 10.6 Å². The third kappa shape index (κ3) is 4.87. The molecule has 22 heavy (non-hydrogen) atoms. The Morgan fingerprint density at radius 1 is 1.36 bits per heavy atom. The zero-order valence-corrected chi connectivity index (χ0v) is 15.0. The minimum Gasteiger partial charge on any atom is -0.349 e. The molecule has 0 radical (unpaired) electrons. The van der Waals surface area contributed by atoms with Crippen molar-refractivity contribution in [3.63, 3.8) is 0 Å². The molecular formula is C17H26Cl2N2O. The minimum absolute atomic E-state index is 0. The molecule has 1 unspecified atom stereocenters. The first-order chi connectivity index (χ1) is 9.99. The first kappa shape index (κ1) is 19.3. The molecule has 2 rings (SSSR count). The largest absolute Gasteiger partial charge is 0.349 e. The van der Waals surface area contributed by atoms with Gasteiger partial charge in [0.1, 0.15) is 0 Å². The molecule has 3 atom stereocenters. The molecule has 0 aromatic heterocycles. The second-order valence-corrected chi connectivity index (χ2v) is 6.74. The maximum absolute atomic E-state index is 12.6. The zero-order valence-electron chi connectivity index (χ0n) is 13.4. The van der Waals surface area contributed by atoms with Crippen LogP contribution < -0.4 is 10.6 Å². The van der Waals surface area contributed by atoms with Gasteiger partial charge in [-0.3, -0.25) is 4.79 Å². The number of benzene rings is 1. The molecule has 1 amide bonds. The van der Waals surface area contributed by atoms with E-state index in [-0.39, 0.29) is 30.3 Å². The molecule has 1 fully saturated rings. The molecule has 1 aromatic rings. The molecule has 1 saturated heterocycles. The summed E-state index contributed by atoms with van der Waals surface area (Å²) < 4.78 is 0. The number of rotatable bonds is 4. The second-order valence-electron chi connectivity index (χ2n) is 6.33. The Labute approximate surface area is 144 Å². The van der Waals surface area contributed by atoms with Crippen molar-refractivity contribution in [3.05, 3.63) is 34.9 Å². The number of halogens is 2. The highest BCUT2D eigenvalue weighted by molar-refractivity contribution is 6.31. The molecule has 3 nitrogen and oxygen atoms in total. The van der Waals surface area contributed by atoms with Gasteiger partial charge in [0.25, 0.3) is 0 Å². The van der Waals surface area contributed by atoms with Crippen LogP contribution in [0.25, 0.3) is 0 Å². The van der Waals surface area contributed by atoms with Gasteiger partial charge in [-0.2, -0.15) is 0 Å². The topological polar surface area (TPSA) is 41.1 Å². The van der Waals surface area contributed by atoms with E-state index in [4.69, 9.17) is 11.6 Å². The Balaban J connectivity index is 0.00000242. The number of carbonyl (C=O) groups is 1. The Kier molecular flexibility index (Phi) is 7.67. The van der Waals surface area contributed by atoms with E-state index in [2.05, 4.69) is 31.4 Å². The van der Waals surface area contributed by atoms with Gasteiger partial charge in [0.15, 0.2) is 0 Å². The lowest BCUT2D eigenvalue weighted by atomic mass is 9.90. The summed E-state index contributed by atoms with van der Waals surface area (Å²) in [6, 6.07) is 8.14. The lowest BCUT2D eigenvalue weighted by molar-refractivity contribution is -0.127. The monoisotopic (exact) mass is 344 g/mol. The number of hydrogen-bond donors (Lipinski definition) is 2. The molecule has 124 valence electrons. The van der Waals surface area contributed by atoms with E-state index in [1.807, 2.05) is 24.3 Å². The van der Waals surface area contributed by atoms with Crippen molar-refractivity contribution >= 4 is 29.9 Å². The molecule has 1 aliphatic heterocycles. The average Bonchev–Trinajstić information content (AvgIpc) is 2.45. The van der Waals surface area contributed by atoms with E-state index in [9.17, 15) is 4.79 Å². The van der Waals surface area contributed by atoms with Gasteiger partial charge in [-0.25, -0.2) is 0 Å². The molecule has 1 heterocycles. The normalized spacial score (nSPS) is 22.8. The van der Waals surface area contributed by atoms with Crippen LogP contribution in [0.15, 0.2) is 24.3 Å². The molecule has 5 heteroatoms. The molecule has 1 aromatic carbocycles. The highest BCUT2D eigenvalue weighted by Crippen LogP contribution is 2.29. The minimum atomic E-state index is -0.0311. The maximum Gasteiger partial charge on any atom is 0.223 e. The number of nitrogens with one attached hydrogen (secondary N) is 2. The molecule has 2 N–H and O–H groups in total. The van der Waals surface area contributed by atoms with Gasteiger partial charge in [0.05, 0.1) is 6.04 Å². The van der Waals surface area contributed by atoms with Crippen LogP contribution in [0, 0.1) is 11.8 Å². The summed E-state index contributed by atoms with van der Waals surface area (Å²) in [6.45, 7) is 7.27. The summed E-state index contributed by atoms with van der Waals surface area (Å²) in [6.07, 6.45) is 1.81. The van der Waals surface area contributed by atoms with Gasteiger partial charge in [-0.15, -0.1) is 12.4 Å². The second kappa shape index (κ2) is 8.76. The van der Waals surface area contributed by atoms with Gasteiger partial charge in [-0.05, 0) is 43.9 Å². The lowest BCUT2D eigenvalue weighted by Crippen LogP contribution is -2.44. The van der Waals surface area contributed by atoms with Gasteiger partial charge in [0.2, 0.25) is 5.91 Å². The van der Waals surface area contributed by atoms with Crippen molar-refractivity contribution in [2.24, 2.45) is 11.8 Å². The lowest BCUT2D eigenvalue weighted by Gasteiger charge is -2.30. The van der Waals surface area contributed by atoms with Crippen molar-refractivity contribution in [1.29, 1.82) is 0 Å². The van der Waals surface area contributed by atoms with Crippen molar-refractivity contribution < 1.29 is 4.79 Å². The van der Waals surface area contributed by atoms with E-state index >= 15 is 0 Å². The Morgan fingerprint density at radius 2 is 2.05 bits per heavy atom. The predicted octanol–water partition coefficient (Wildman–Crippen LogP) is 3.96. The summed E-state index contributed by atoms with van der Waals surface area (Å²) in [7, 11) is 0. The van der Waals surface area contributed by atoms with E-state index in [1.165, 1.54) is 0 Å². The highest BCUT2D eigenvalue weighted by atomic mass is 35.5. The third-order valence-corrected chi connectivity index (χ3v) is 4.54. The SMILES string of the molecule is CC(C)C(NC(=O)[C@H]1CCN[C@@H](C)C1)c1ccccc1Cl.Cl. The summed E-state index contributed by atoms with van der Waals surface area (Å²) in [5, 5.41) is 7.31. The Morgan fingerprint density at radius 3 is 2.64 bits per heavy atom. The predicted molar refractivity (Wildman–Crippen MR) is 94.6 cm³/mol. The Hall–Kier alpha value is -0.770. The van der Waals surface area contributed by atoms with E-state index < -0.39 is 0 Å². The molecule has 1 aliphatic rings. The molecule has 0 bridgehead atoms. The fourth-order valence-electron chi connectivity index (χ4n) is 2.97. The van der Waals surface area contributed by atoms with Crippen LogP contribution in [0.5, 0.6) is 0 Å². The quantitative estimate of drug-likeness (QED) is 0.867. The summed E-state index contributed by atoms with van der Waals surface area (Å²) in [5.41, 5.74) is 1.00. The summed E-state index contributed by atoms with van der Waals surface area (Å²) in [4.78, 5) is 12.6. The molecule has 0 aliphatic carbocycles. The van der Waals surface area contributed by atoms with Crippen LogP contribution in [-0.2, 0) is 4.79 Å². The standard InChI is InChI=1S/C17H25ClN2O.ClH/c1-11(2)16(14-6-4-5-7-15(14)18)20-17(21)13-8-9-19-12(3)10-13;/h4-7,11-13,16,19H,8-10H2,1-3H3,(H,20,21);1H/t12-,13-,16?;/m0./s1. The van der Waals surface area contributed by atoms with Crippen molar-refractivity contribution in [3.8, 4) is 0 Å². The number of hydrogen-bond acceptors (Lipinski definition) is 2. The van der Waals surface area contributed by atoms with Crippen LogP contribution in [0.3, 0.4) is 0 Å². The van der Waals surface area contributed by atoms with E-state index in [0.717, 1.165) is 30.0 Å². The maximum atomic E-state index is 12.6. The average molecular weight is 345 g/mol. The number of carbonyl (C=O) groups excluding carboxylic acids is 1. The summed E-state index contributed by atoms with van der Waals surface area (Å²) >= 11 is 6.29.